The van der Waals surface area contributed by atoms with Gasteiger partial charge in [0.1, 0.15) is 11.6 Å². The molecule has 0 bridgehead atoms. The van der Waals surface area contributed by atoms with Crippen LogP contribution in [0.4, 0.5) is 17.5 Å². The third-order valence-corrected chi connectivity index (χ3v) is 4.64. The van der Waals surface area contributed by atoms with Crippen molar-refractivity contribution in [3.05, 3.63) is 71.9 Å². The Morgan fingerprint density at radius 3 is 2.74 bits per heavy atom. The molecule has 1 unspecified atom stereocenters. The molecule has 1 aliphatic rings. The predicted octanol–water partition coefficient (Wildman–Crippen LogP) is 3.39. The van der Waals surface area contributed by atoms with Crippen LogP contribution in [-0.4, -0.2) is 34.7 Å². The second-order valence-electron chi connectivity index (χ2n) is 6.73. The summed E-state index contributed by atoms with van der Waals surface area (Å²) in [4.78, 5) is 11.5. The summed E-state index contributed by atoms with van der Waals surface area (Å²) in [5, 5.41) is 16.4. The van der Waals surface area contributed by atoms with Gasteiger partial charge in [-0.2, -0.15) is 4.98 Å². The molecule has 1 aliphatic heterocycles. The second-order valence-corrected chi connectivity index (χ2v) is 6.73. The van der Waals surface area contributed by atoms with Crippen LogP contribution in [0.3, 0.4) is 0 Å². The zero-order valence-electron chi connectivity index (χ0n) is 15.3. The SMILES string of the molecule is Cc1cc(N2CCNC(c3ccccc3)C2)nc(Nc2cccc(O)c2)n1. The number of phenols is 1. The Morgan fingerprint density at radius 1 is 1.07 bits per heavy atom. The monoisotopic (exact) mass is 361 g/mol. The smallest absolute Gasteiger partial charge is 0.229 e. The van der Waals surface area contributed by atoms with Crippen molar-refractivity contribution in [3.8, 4) is 5.75 Å². The van der Waals surface area contributed by atoms with Crippen LogP contribution in [0, 0.1) is 6.92 Å². The molecule has 1 fully saturated rings. The van der Waals surface area contributed by atoms with Crippen molar-refractivity contribution in [1.29, 1.82) is 0 Å². The minimum absolute atomic E-state index is 0.209. The summed E-state index contributed by atoms with van der Waals surface area (Å²) in [6, 6.07) is 19.7. The van der Waals surface area contributed by atoms with Gasteiger partial charge in [0.2, 0.25) is 5.95 Å². The van der Waals surface area contributed by atoms with E-state index in [1.54, 1.807) is 18.2 Å². The van der Waals surface area contributed by atoms with Gasteiger partial charge in [-0.1, -0.05) is 36.4 Å². The van der Waals surface area contributed by atoms with Gasteiger partial charge in [0.05, 0.1) is 0 Å². The zero-order valence-corrected chi connectivity index (χ0v) is 15.3. The van der Waals surface area contributed by atoms with Gasteiger partial charge in [-0.3, -0.25) is 0 Å². The van der Waals surface area contributed by atoms with Crippen LogP contribution in [0.5, 0.6) is 5.75 Å². The first-order valence-corrected chi connectivity index (χ1v) is 9.12. The van der Waals surface area contributed by atoms with Crippen LogP contribution >= 0.6 is 0 Å². The van der Waals surface area contributed by atoms with E-state index < -0.39 is 0 Å². The summed E-state index contributed by atoms with van der Waals surface area (Å²) in [6.45, 7) is 4.62. The Kier molecular flexibility index (Phi) is 4.89. The van der Waals surface area contributed by atoms with Crippen molar-refractivity contribution in [2.24, 2.45) is 0 Å². The number of hydrogen-bond donors (Lipinski definition) is 3. The van der Waals surface area contributed by atoms with E-state index in [1.165, 1.54) is 5.56 Å². The number of nitrogens with zero attached hydrogens (tertiary/aromatic N) is 3. The molecule has 6 heteroatoms. The molecule has 2 aromatic carbocycles. The number of nitrogens with one attached hydrogen (secondary N) is 2. The highest BCUT2D eigenvalue weighted by Gasteiger charge is 2.22. The van der Waals surface area contributed by atoms with Crippen LogP contribution in [0.25, 0.3) is 0 Å². The zero-order chi connectivity index (χ0) is 18.6. The Bertz CT molecular complexity index is 915. The molecular weight excluding hydrogens is 338 g/mol. The molecule has 2 heterocycles. The van der Waals surface area contributed by atoms with Crippen molar-refractivity contribution >= 4 is 17.5 Å². The van der Waals surface area contributed by atoms with Gasteiger partial charge in [-0.05, 0) is 24.6 Å². The van der Waals surface area contributed by atoms with Gasteiger partial charge in [0.15, 0.2) is 0 Å². The van der Waals surface area contributed by atoms with E-state index in [4.69, 9.17) is 4.98 Å². The number of benzene rings is 2. The van der Waals surface area contributed by atoms with E-state index in [0.717, 1.165) is 36.8 Å². The molecule has 1 saturated heterocycles. The Balaban J connectivity index is 1.55. The lowest BCUT2D eigenvalue weighted by Crippen LogP contribution is -2.46. The van der Waals surface area contributed by atoms with Crippen LogP contribution in [0.15, 0.2) is 60.7 Å². The molecule has 6 nitrogen and oxygen atoms in total. The lowest BCUT2D eigenvalue weighted by Gasteiger charge is -2.35. The maximum absolute atomic E-state index is 9.65. The maximum Gasteiger partial charge on any atom is 0.229 e. The number of rotatable bonds is 4. The van der Waals surface area contributed by atoms with Crippen molar-refractivity contribution in [3.63, 3.8) is 0 Å². The van der Waals surface area contributed by atoms with Crippen molar-refractivity contribution in [1.82, 2.24) is 15.3 Å². The Morgan fingerprint density at radius 2 is 1.93 bits per heavy atom. The fraction of sp³-hybridized carbons (Fsp3) is 0.238. The summed E-state index contributed by atoms with van der Waals surface area (Å²) in [5.74, 6) is 1.65. The van der Waals surface area contributed by atoms with Gasteiger partial charge in [-0.25, -0.2) is 4.98 Å². The average Bonchev–Trinajstić information content (AvgIpc) is 2.68. The van der Waals surface area contributed by atoms with Crippen LogP contribution in [0.1, 0.15) is 17.3 Å². The average molecular weight is 361 g/mol. The first kappa shape index (κ1) is 17.3. The summed E-state index contributed by atoms with van der Waals surface area (Å²) >= 11 is 0. The lowest BCUT2D eigenvalue weighted by atomic mass is 10.0. The molecule has 3 aromatic rings. The number of aromatic hydroxyl groups is 1. The number of phenolic OH excluding ortho intramolecular Hbond substituents is 1. The summed E-state index contributed by atoms with van der Waals surface area (Å²) in [6.07, 6.45) is 0. The lowest BCUT2D eigenvalue weighted by molar-refractivity contribution is 0.469. The van der Waals surface area contributed by atoms with E-state index in [0.29, 0.717) is 5.95 Å². The number of piperazine rings is 1. The fourth-order valence-electron chi connectivity index (χ4n) is 3.35. The van der Waals surface area contributed by atoms with Gasteiger partial charge in [0, 0.05) is 49.2 Å². The number of anilines is 3. The normalized spacial score (nSPS) is 16.9. The first-order valence-electron chi connectivity index (χ1n) is 9.12. The topological polar surface area (TPSA) is 73.3 Å². The third kappa shape index (κ3) is 4.17. The molecule has 0 spiro atoms. The van der Waals surface area contributed by atoms with Crippen molar-refractivity contribution in [2.75, 3.05) is 29.9 Å². The van der Waals surface area contributed by atoms with Gasteiger partial charge < -0.3 is 20.6 Å². The molecule has 4 rings (SSSR count). The third-order valence-electron chi connectivity index (χ3n) is 4.64. The Hall–Kier alpha value is -3.12. The van der Waals surface area contributed by atoms with Gasteiger partial charge >= 0.3 is 0 Å². The van der Waals surface area contributed by atoms with E-state index in [2.05, 4.69) is 44.8 Å². The highest BCUT2D eigenvalue weighted by atomic mass is 16.3. The molecular formula is C21H23N5O. The highest BCUT2D eigenvalue weighted by molar-refractivity contribution is 5.57. The quantitative estimate of drug-likeness (QED) is 0.662. The first-order chi connectivity index (χ1) is 13.2. The molecule has 0 radical (unpaired) electrons. The van der Waals surface area contributed by atoms with E-state index in [1.807, 2.05) is 25.1 Å². The highest BCUT2D eigenvalue weighted by Crippen LogP contribution is 2.24. The van der Waals surface area contributed by atoms with Crippen LogP contribution < -0.4 is 15.5 Å². The number of aryl methyl sites for hydroxylation is 1. The minimum Gasteiger partial charge on any atom is -0.508 e. The van der Waals surface area contributed by atoms with Crippen LogP contribution in [-0.2, 0) is 0 Å². The Labute approximate surface area is 158 Å². The molecule has 27 heavy (non-hydrogen) atoms. The van der Waals surface area contributed by atoms with Crippen molar-refractivity contribution < 1.29 is 5.11 Å². The summed E-state index contributed by atoms with van der Waals surface area (Å²) in [5.41, 5.74) is 2.94. The molecule has 1 atom stereocenters. The van der Waals surface area contributed by atoms with Gasteiger partial charge in [0.25, 0.3) is 0 Å². The number of hydrogen-bond acceptors (Lipinski definition) is 6. The minimum atomic E-state index is 0.209. The summed E-state index contributed by atoms with van der Waals surface area (Å²) in [7, 11) is 0. The summed E-state index contributed by atoms with van der Waals surface area (Å²) < 4.78 is 0. The molecule has 0 aliphatic carbocycles. The van der Waals surface area contributed by atoms with E-state index in [-0.39, 0.29) is 11.8 Å². The largest absolute Gasteiger partial charge is 0.508 e. The second kappa shape index (κ2) is 7.63. The van der Waals surface area contributed by atoms with Crippen molar-refractivity contribution in [2.45, 2.75) is 13.0 Å². The molecule has 1 aromatic heterocycles. The fourth-order valence-corrected chi connectivity index (χ4v) is 3.35. The maximum atomic E-state index is 9.65. The van der Waals surface area contributed by atoms with Gasteiger partial charge in [-0.15, -0.1) is 0 Å². The van der Waals surface area contributed by atoms with E-state index >= 15 is 0 Å². The van der Waals surface area contributed by atoms with Crippen LogP contribution in [0.2, 0.25) is 0 Å². The molecule has 138 valence electrons. The number of aromatic nitrogens is 2. The van der Waals surface area contributed by atoms with E-state index in [9.17, 15) is 5.11 Å². The predicted molar refractivity (Wildman–Crippen MR) is 108 cm³/mol. The molecule has 0 amide bonds. The standard InChI is InChI=1S/C21H23N5O/c1-15-12-20(25-21(23-15)24-17-8-5-9-18(27)13-17)26-11-10-22-19(14-26)16-6-3-2-4-7-16/h2-9,12-13,19,22,27H,10-11,14H2,1H3,(H,23,24,25). The molecule has 0 saturated carbocycles. The molecule has 3 N–H and O–H groups in total.